The van der Waals surface area contributed by atoms with E-state index in [-0.39, 0.29) is 12.5 Å². The van der Waals surface area contributed by atoms with Gasteiger partial charge in [0.1, 0.15) is 5.75 Å². The smallest absolute Gasteiger partial charge is 0.260 e. The van der Waals surface area contributed by atoms with E-state index in [0.29, 0.717) is 23.2 Å². The normalized spacial score (nSPS) is 16.2. The van der Waals surface area contributed by atoms with Gasteiger partial charge in [-0.05, 0) is 44.4 Å². The molecule has 2 rings (SSSR count). The number of nitrogens with zero attached hydrogens (tertiary/aromatic N) is 1. The molecule has 1 aliphatic rings. The van der Waals surface area contributed by atoms with Crippen molar-refractivity contribution in [2.24, 2.45) is 11.7 Å². The molecule has 1 aliphatic heterocycles. The highest BCUT2D eigenvalue weighted by atomic mass is 35.5. The third-order valence-electron chi connectivity index (χ3n) is 3.87. The average molecular weight is 297 g/mol. The molecular formula is C15H21ClN2O2. The van der Waals surface area contributed by atoms with E-state index in [1.807, 2.05) is 30.0 Å². The van der Waals surface area contributed by atoms with E-state index in [0.717, 1.165) is 31.5 Å². The lowest BCUT2D eigenvalue weighted by atomic mass is 9.97. The van der Waals surface area contributed by atoms with Gasteiger partial charge in [0.2, 0.25) is 0 Å². The average Bonchev–Trinajstić information content (AvgIpc) is 2.48. The zero-order valence-corrected chi connectivity index (χ0v) is 12.5. The van der Waals surface area contributed by atoms with Crippen LogP contribution in [0.5, 0.6) is 5.75 Å². The van der Waals surface area contributed by atoms with Crippen LogP contribution in [0.15, 0.2) is 18.2 Å². The molecule has 1 aromatic rings. The first-order valence-electron chi connectivity index (χ1n) is 6.97. The predicted octanol–water partition coefficient (Wildman–Crippen LogP) is 2.22. The first kappa shape index (κ1) is 15.1. The van der Waals surface area contributed by atoms with Gasteiger partial charge in [0, 0.05) is 23.7 Å². The molecule has 4 nitrogen and oxygen atoms in total. The summed E-state index contributed by atoms with van der Waals surface area (Å²) in [5.74, 6) is 1.25. The second-order valence-electron chi connectivity index (χ2n) is 5.21. The number of carbonyl (C=O) groups excluding carboxylic acids is 1. The van der Waals surface area contributed by atoms with Crippen LogP contribution in [0, 0.1) is 12.8 Å². The SMILES string of the molecule is Cc1c(Cl)cccc1OCC(=O)N1CCC(CN)CC1. The summed E-state index contributed by atoms with van der Waals surface area (Å²) in [4.78, 5) is 14.0. The van der Waals surface area contributed by atoms with E-state index in [1.54, 1.807) is 0 Å². The maximum absolute atomic E-state index is 12.1. The summed E-state index contributed by atoms with van der Waals surface area (Å²) < 4.78 is 5.59. The molecule has 0 bridgehead atoms. The van der Waals surface area contributed by atoms with E-state index in [9.17, 15) is 4.79 Å². The third kappa shape index (κ3) is 3.64. The van der Waals surface area contributed by atoms with Crippen LogP contribution in [0.4, 0.5) is 0 Å². The first-order valence-corrected chi connectivity index (χ1v) is 7.35. The fourth-order valence-electron chi connectivity index (χ4n) is 2.39. The van der Waals surface area contributed by atoms with Crippen molar-refractivity contribution in [3.8, 4) is 5.75 Å². The second kappa shape index (κ2) is 6.95. The van der Waals surface area contributed by atoms with Gasteiger partial charge in [0.25, 0.3) is 5.91 Å². The Bertz CT molecular complexity index is 471. The topological polar surface area (TPSA) is 55.6 Å². The number of hydrogen-bond acceptors (Lipinski definition) is 3. The number of carbonyl (C=O) groups is 1. The van der Waals surface area contributed by atoms with Crippen LogP contribution < -0.4 is 10.5 Å². The molecule has 0 saturated carbocycles. The fourth-order valence-corrected chi connectivity index (χ4v) is 2.56. The zero-order chi connectivity index (χ0) is 14.5. The van der Waals surface area contributed by atoms with Crippen LogP contribution in [-0.2, 0) is 4.79 Å². The largest absolute Gasteiger partial charge is 0.483 e. The Morgan fingerprint density at radius 1 is 1.45 bits per heavy atom. The Labute approximate surface area is 124 Å². The summed E-state index contributed by atoms with van der Waals surface area (Å²) in [6.07, 6.45) is 1.97. The molecule has 0 radical (unpaired) electrons. The molecule has 1 heterocycles. The van der Waals surface area contributed by atoms with Crippen molar-refractivity contribution in [1.82, 2.24) is 4.90 Å². The maximum atomic E-state index is 12.1. The minimum Gasteiger partial charge on any atom is -0.483 e. The number of benzene rings is 1. The standard InChI is InChI=1S/C15H21ClN2O2/c1-11-13(16)3-2-4-14(11)20-10-15(19)18-7-5-12(9-17)6-8-18/h2-4,12H,5-10,17H2,1H3. The Morgan fingerprint density at radius 2 is 2.15 bits per heavy atom. The fraction of sp³-hybridized carbons (Fsp3) is 0.533. The van der Waals surface area contributed by atoms with E-state index < -0.39 is 0 Å². The van der Waals surface area contributed by atoms with Crippen molar-refractivity contribution in [3.05, 3.63) is 28.8 Å². The number of likely N-dealkylation sites (tertiary alicyclic amines) is 1. The monoisotopic (exact) mass is 296 g/mol. The van der Waals surface area contributed by atoms with Crippen molar-refractivity contribution in [1.29, 1.82) is 0 Å². The molecule has 0 aromatic heterocycles. The molecule has 1 amide bonds. The van der Waals surface area contributed by atoms with Gasteiger partial charge in [-0.1, -0.05) is 17.7 Å². The van der Waals surface area contributed by atoms with Gasteiger partial charge in [-0.2, -0.15) is 0 Å². The van der Waals surface area contributed by atoms with Crippen molar-refractivity contribution >= 4 is 17.5 Å². The molecule has 1 fully saturated rings. The number of halogens is 1. The summed E-state index contributed by atoms with van der Waals surface area (Å²) in [5, 5.41) is 0.652. The van der Waals surface area contributed by atoms with Gasteiger partial charge in [-0.25, -0.2) is 0 Å². The summed E-state index contributed by atoms with van der Waals surface area (Å²) in [7, 11) is 0. The first-order chi connectivity index (χ1) is 9.61. The molecule has 0 unspecified atom stereocenters. The molecule has 0 atom stereocenters. The van der Waals surface area contributed by atoms with Crippen molar-refractivity contribution in [3.63, 3.8) is 0 Å². The second-order valence-corrected chi connectivity index (χ2v) is 5.62. The molecule has 1 saturated heterocycles. The van der Waals surface area contributed by atoms with E-state index in [4.69, 9.17) is 22.1 Å². The number of amides is 1. The predicted molar refractivity (Wildman–Crippen MR) is 80.0 cm³/mol. The molecule has 20 heavy (non-hydrogen) atoms. The number of rotatable bonds is 4. The van der Waals surface area contributed by atoms with Gasteiger partial charge in [0.15, 0.2) is 6.61 Å². The van der Waals surface area contributed by atoms with Crippen molar-refractivity contribution in [2.45, 2.75) is 19.8 Å². The molecule has 1 aromatic carbocycles. The summed E-state index contributed by atoms with van der Waals surface area (Å²) in [5.41, 5.74) is 6.51. The Morgan fingerprint density at radius 3 is 2.80 bits per heavy atom. The van der Waals surface area contributed by atoms with Crippen LogP contribution in [0.1, 0.15) is 18.4 Å². The molecule has 5 heteroatoms. The van der Waals surface area contributed by atoms with Gasteiger partial charge < -0.3 is 15.4 Å². The van der Waals surface area contributed by atoms with Gasteiger partial charge >= 0.3 is 0 Å². The lowest BCUT2D eigenvalue weighted by molar-refractivity contribution is -0.134. The summed E-state index contributed by atoms with van der Waals surface area (Å²) in [6, 6.07) is 5.46. The van der Waals surface area contributed by atoms with Crippen LogP contribution in [0.2, 0.25) is 5.02 Å². The quantitative estimate of drug-likeness (QED) is 0.927. The summed E-state index contributed by atoms with van der Waals surface area (Å²) >= 11 is 6.02. The van der Waals surface area contributed by atoms with Crippen molar-refractivity contribution in [2.75, 3.05) is 26.2 Å². The van der Waals surface area contributed by atoms with Gasteiger partial charge in [-0.3, -0.25) is 4.79 Å². The minimum absolute atomic E-state index is 0.0276. The van der Waals surface area contributed by atoms with Crippen LogP contribution >= 0.6 is 11.6 Å². The molecule has 2 N–H and O–H groups in total. The number of ether oxygens (including phenoxy) is 1. The summed E-state index contributed by atoms with van der Waals surface area (Å²) in [6.45, 7) is 4.21. The molecule has 0 aliphatic carbocycles. The molecule has 0 spiro atoms. The Kier molecular flexibility index (Phi) is 5.26. The number of hydrogen-bond donors (Lipinski definition) is 1. The minimum atomic E-state index is 0.0276. The van der Waals surface area contributed by atoms with Crippen LogP contribution in [0.3, 0.4) is 0 Å². The van der Waals surface area contributed by atoms with E-state index in [1.165, 1.54) is 0 Å². The van der Waals surface area contributed by atoms with Crippen molar-refractivity contribution < 1.29 is 9.53 Å². The van der Waals surface area contributed by atoms with E-state index in [2.05, 4.69) is 0 Å². The Hall–Kier alpha value is -1.26. The van der Waals surface area contributed by atoms with Crippen LogP contribution in [0.25, 0.3) is 0 Å². The third-order valence-corrected chi connectivity index (χ3v) is 4.28. The lowest BCUT2D eigenvalue weighted by Crippen LogP contribution is -2.42. The van der Waals surface area contributed by atoms with Crippen LogP contribution in [-0.4, -0.2) is 37.0 Å². The highest BCUT2D eigenvalue weighted by Crippen LogP contribution is 2.25. The van der Waals surface area contributed by atoms with Gasteiger partial charge in [-0.15, -0.1) is 0 Å². The van der Waals surface area contributed by atoms with E-state index >= 15 is 0 Å². The molecule has 110 valence electrons. The number of piperidine rings is 1. The maximum Gasteiger partial charge on any atom is 0.260 e. The highest BCUT2D eigenvalue weighted by molar-refractivity contribution is 6.31. The number of nitrogens with two attached hydrogens (primary N) is 1. The lowest BCUT2D eigenvalue weighted by Gasteiger charge is -2.31. The zero-order valence-electron chi connectivity index (χ0n) is 11.8. The highest BCUT2D eigenvalue weighted by Gasteiger charge is 2.22. The van der Waals surface area contributed by atoms with Gasteiger partial charge in [0.05, 0.1) is 0 Å². The molecular weight excluding hydrogens is 276 g/mol. The Balaban J connectivity index is 1.85.